The maximum absolute atomic E-state index is 12.8. The third-order valence-corrected chi connectivity index (χ3v) is 8.76. The van der Waals surface area contributed by atoms with Gasteiger partial charge in [-0.2, -0.15) is 0 Å². The molecule has 0 radical (unpaired) electrons. The number of carbonyl (C=O) groups is 1. The van der Waals surface area contributed by atoms with Crippen LogP contribution in [0.3, 0.4) is 0 Å². The van der Waals surface area contributed by atoms with Crippen LogP contribution in [0.1, 0.15) is 22.3 Å². The summed E-state index contributed by atoms with van der Waals surface area (Å²) in [4.78, 5) is 23.1. The molecule has 6 heteroatoms. The summed E-state index contributed by atoms with van der Waals surface area (Å²) in [5.74, 6) is 0.455. The van der Waals surface area contributed by atoms with Crippen molar-refractivity contribution in [2.24, 2.45) is 5.92 Å². The fourth-order valence-electron chi connectivity index (χ4n) is 6.20. The highest BCUT2D eigenvalue weighted by Gasteiger charge is 2.25. The van der Waals surface area contributed by atoms with Gasteiger partial charge in [0, 0.05) is 72.0 Å². The molecule has 224 valence electrons. The van der Waals surface area contributed by atoms with Gasteiger partial charge in [0.05, 0.1) is 6.54 Å². The summed E-state index contributed by atoms with van der Waals surface area (Å²) in [6.07, 6.45) is 2.20. The van der Waals surface area contributed by atoms with E-state index in [1.54, 1.807) is 0 Å². The van der Waals surface area contributed by atoms with E-state index in [-0.39, 0.29) is 5.97 Å². The number of hydrogen-bond donors (Lipinski definition) is 0. The van der Waals surface area contributed by atoms with Gasteiger partial charge in [0.25, 0.3) is 0 Å². The van der Waals surface area contributed by atoms with E-state index in [2.05, 4.69) is 81.1 Å². The minimum absolute atomic E-state index is 0.134. The summed E-state index contributed by atoms with van der Waals surface area (Å²) in [6.45, 7) is 14.1. The van der Waals surface area contributed by atoms with Crippen LogP contribution in [0.5, 0.6) is 0 Å². The van der Waals surface area contributed by atoms with Crippen molar-refractivity contribution in [3.05, 3.63) is 107 Å². The molecule has 0 saturated carbocycles. The molecule has 2 bridgehead atoms. The minimum atomic E-state index is -0.134. The van der Waals surface area contributed by atoms with Gasteiger partial charge in [-0.15, -0.1) is 0 Å². The molecule has 2 aliphatic heterocycles. The number of esters is 1. The lowest BCUT2D eigenvalue weighted by atomic mass is 9.96. The standard InChI is InChI=1S/C36H48N4O2/c1-31-12-14-33(15-13-31)26-35-27-38-20-18-37(17-16-32-8-4-2-5-9-32)19-21-39(28-35)23-25-40(24-22-38)29-36(41)42-30-34-10-6-3-7-11-34/h2-15,35H,16-30H2,1H3. The van der Waals surface area contributed by atoms with Gasteiger partial charge < -0.3 is 19.4 Å². The van der Waals surface area contributed by atoms with Crippen molar-refractivity contribution >= 4 is 5.97 Å². The highest BCUT2D eigenvalue weighted by atomic mass is 16.5. The maximum atomic E-state index is 12.8. The molecule has 0 N–H and O–H groups in total. The van der Waals surface area contributed by atoms with Crippen LogP contribution in [-0.4, -0.2) is 104 Å². The Labute approximate surface area is 252 Å². The van der Waals surface area contributed by atoms with Crippen molar-refractivity contribution in [1.82, 2.24) is 19.6 Å². The molecule has 5 rings (SSSR count). The molecule has 0 spiro atoms. The second-order valence-corrected chi connectivity index (χ2v) is 12.2. The van der Waals surface area contributed by atoms with E-state index >= 15 is 0 Å². The minimum Gasteiger partial charge on any atom is -0.460 e. The average molecular weight is 569 g/mol. The Morgan fingerprint density at radius 3 is 1.81 bits per heavy atom. The van der Waals surface area contributed by atoms with E-state index in [1.165, 1.54) is 16.7 Å². The molecule has 3 aromatic rings. The van der Waals surface area contributed by atoms with Gasteiger partial charge in [0.15, 0.2) is 0 Å². The van der Waals surface area contributed by atoms with Crippen LogP contribution in [0.15, 0.2) is 84.9 Å². The second kappa shape index (κ2) is 16.0. The SMILES string of the molecule is Cc1ccc(CC2CN3CCN(CCc4ccccc4)CCN(CCN(CC(=O)OCc4ccccc4)CC3)C2)cc1. The van der Waals surface area contributed by atoms with Crippen LogP contribution < -0.4 is 0 Å². The van der Waals surface area contributed by atoms with Gasteiger partial charge in [-0.25, -0.2) is 0 Å². The monoisotopic (exact) mass is 568 g/mol. The fraction of sp³-hybridized carbons (Fsp3) is 0.472. The summed E-state index contributed by atoms with van der Waals surface area (Å²) < 4.78 is 5.65. The topological polar surface area (TPSA) is 39.3 Å². The van der Waals surface area contributed by atoms with Gasteiger partial charge in [-0.3, -0.25) is 9.69 Å². The summed E-state index contributed by atoms with van der Waals surface area (Å²) in [7, 11) is 0. The Hall–Kier alpha value is -3.03. The summed E-state index contributed by atoms with van der Waals surface area (Å²) >= 11 is 0. The number of rotatable bonds is 9. The fourth-order valence-corrected chi connectivity index (χ4v) is 6.20. The molecule has 42 heavy (non-hydrogen) atoms. The van der Waals surface area contributed by atoms with Gasteiger partial charge in [-0.05, 0) is 42.4 Å². The zero-order valence-electron chi connectivity index (χ0n) is 25.4. The molecule has 2 saturated heterocycles. The third kappa shape index (κ3) is 10.1. The van der Waals surface area contributed by atoms with Gasteiger partial charge >= 0.3 is 5.97 Å². The Balaban J connectivity index is 1.23. The number of fused-ring (bicyclic) bond motifs is 4. The molecule has 2 heterocycles. The van der Waals surface area contributed by atoms with Crippen molar-refractivity contribution in [1.29, 1.82) is 0 Å². The lowest BCUT2D eigenvalue weighted by Gasteiger charge is -2.39. The zero-order chi connectivity index (χ0) is 29.0. The van der Waals surface area contributed by atoms with E-state index in [9.17, 15) is 4.79 Å². The smallest absolute Gasteiger partial charge is 0.320 e. The molecule has 3 aromatic carbocycles. The predicted octanol–water partition coefficient (Wildman–Crippen LogP) is 4.38. The number of carbonyl (C=O) groups excluding carboxylic acids is 1. The highest BCUT2D eigenvalue weighted by molar-refractivity contribution is 5.71. The van der Waals surface area contributed by atoms with Crippen LogP contribution in [-0.2, 0) is 29.0 Å². The van der Waals surface area contributed by atoms with Crippen LogP contribution in [0, 0.1) is 12.8 Å². The van der Waals surface area contributed by atoms with Crippen molar-refractivity contribution < 1.29 is 9.53 Å². The van der Waals surface area contributed by atoms with Crippen LogP contribution >= 0.6 is 0 Å². The Morgan fingerprint density at radius 1 is 0.667 bits per heavy atom. The number of benzene rings is 3. The summed E-state index contributed by atoms with van der Waals surface area (Å²) in [5.41, 5.74) is 5.20. The molecule has 0 aliphatic carbocycles. The predicted molar refractivity (Wildman–Crippen MR) is 171 cm³/mol. The molecule has 0 aromatic heterocycles. The van der Waals surface area contributed by atoms with Gasteiger partial charge in [0.1, 0.15) is 6.61 Å². The first-order valence-corrected chi connectivity index (χ1v) is 15.8. The second-order valence-electron chi connectivity index (χ2n) is 12.2. The zero-order valence-corrected chi connectivity index (χ0v) is 25.4. The Kier molecular flexibility index (Phi) is 11.6. The number of aryl methyl sites for hydroxylation is 1. The molecule has 2 atom stereocenters. The quantitative estimate of drug-likeness (QED) is 0.357. The molecular formula is C36H48N4O2. The number of nitrogens with zero attached hydrogens (tertiary/aromatic N) is 4. The van der Waals surface area contributed by atoms with E-state index in [0.717, 1.165) is 90.4 Å². The molecular weight excluding hydrogens is 520 g/mol. The first-order valence-electron chi connectivity index (χ1n) is 15.8. The first kappa shape index (κ1) is 30.4. The molecule has 2 unspecified atom stereocenters. The number of ether oxygens (including phenoxy) is 1. The molecule has 0 amide bonds. The van der Waals surface area contributed by atoms with Crippen molar-refractivity contribution in [2.45, 2.75) is 26.4 Å². The average Bonchev–Trinajstić information content (AvgIpc) is 3.01. The van der Waals surface area contributed by atoms with Crippen molar-refractivity contribution in [3.8, 4) is 0 Å². The highest BCUT2D eigenvalue weighted by Crippen LogP contribution is 2.17. The van der Waals surface area contributed by atoms with Crippen LogP contribution in [0.25, 0.3) is 0 Å². The summed E-state index contributed by atoms with van der Waals surface area (Å²) in [6, 6.07) is 29.9. The summed E-state index contributed by atoms with van der Waals surface area (Å²) in [5, 5.41) is 0. The van der Waals surface area contributed by atoms with Crippen molar-refractivity contribution in [3.63, 3.8) is 0 Å². The van der Waals surface area contributed by atoms with E-state index in [4.69, 9.17) is 4.74 Å². The normalized spacial score (nSPS) is 22.5. The third-order valence-electron chi connectivity index (χ3n) is 8.76. The Bertz CT molecular complexity index is 1180. The first-order chi connectivity index (χ1) is 20.6. The lowest BCUT2D eigenvalue weighted by molar-refractivity contribution is -0.146. The van der Waals surface area contributed by atoms with Crippen molar-refractivity contribution in [2.75, 3.05) is 78.5 Å². The van der Waals surface area contributed by atoms with Gasteiger partial charge in [0.2, 0.25) is 0 Å². The number of hydrogen-bond acceptors (Lipinski definition) is 6. The van der Waals surface area contributed by atoms with Crippen LogP contribution in [0.4, 0.5) is 0 Å². The van der Waals surface area contributed by atoms with Gasteiger partial charge in [-0.1, -0.05) is 90.5 Å². The molecule has 2 aliphatic rings. The van der Waals surface area contributed by atoms with Crippen LogP contribution in [0.2, 0.25) is 0 Å². The van der Waals surface area contributed by atoms with E-state index in [0.29, 0.717) is 19.1 Å². The van der Waals surface area contributed by atoms with E-state index < -0.39 is 0 Å². The van der Waals surface area contributed by atoms with E-state index in [1.807, 2.05) is 30.3 Å². The largest absolute Gasteiger partial charge is 0.460 e. The Morgan fingerprint density at radius 2 is 1.21 bits per heavy atom. The molecule has 6 nitrogen and oxygen atoms in total. The molecule has 2 fully saturated rings. The maximum Gasteiger partial charge on any atom is 0.320 e. The lowest BCUT2D eigenvalue weighted by Crippen LogP contribution is -2.52.